The van der Waals surface area contributed by atoms with Crippen molar-refractivity contribution in [2.75, 3.05) is 37.1 Å². The maximum atomic E-state index is 12.2. The van der Waals surface area contributed by atoms with E-state index < -0.39 is 6.39 Å². The van der Waals surface area contributed by atoms with E-state index in [1.54, 1.807) is 14.2 Å². The summed E-state index contributed by atoms with van der Waals surface area (Å²) in [4.78, 5) is 28.1. The number of ether oxygens (including phenoxy) is 2. The molecule has 44 heavy (non-hydrogen) atoms. The van der Waals surface area contributed by atoms with Gasteiger partial charge in [0.25, 0.3) is 0 Å². The van der Waals surface area contributed by atoms with E-state index in [0.717, 1.165) is 48.3 Å². The molecule has 0 fully saturated rings. The maximum Gasteiger partial charge on any atom is 0.233 e. The number of nitrogens with zero attached hydrogens (tertiary/aromatic N) is 2. The molecule has 2 aliphatic rings. The summed E-state index contributed by atoms with van der Waals surface area (Å²) in [5.41, 5.74) is 4.24. The molecule has 0 spiro atoms. The SMILES string of the molecule is CCN1C(=O)C(C)C=Cc2ccc(OC)cc21.CCN1C(=O)C(C)CCc2ccc(OC)cc21.[B][B]B([B])B([B])[B].[B][B][B]. The van der Waals surface area contributed by atoms with Crippen molar-refractivity contribution < 1.29 is 19.1 Å². The van der Waals surface area contributed by atoms with Crippen LogP contribution in [0.1, 0.15) is 45.2 Å². The van der Waals surface area contributed by atoms with E-state index >= 15 is 0 Å². The Bertz CT molecular complexity index is 1220. The molecule has 2 aromatic carbocycles. The zero-order valence-corrected chi connectivity index (χ0v) is 26.9. The smallest absolute Gasteiger partial charge is 0.233 e. The molecule has 0 bridgehead atoms. The molecule has 2 aliphatic heterocycles. The largest absolute Gasteiger partial charge is 0.497 e. The number of rotatable bonds is 6. The summed E-state index contributed by atoms with van der Waals surface area (Å²) in [6.45, 7) is 9.31. The van der Waals surface area contributed by atoms with Gasteiger partial charge in [-0.1, -0.05) is 32.1 Å². The first-order valence-electron chi connectivity index (χ1n) is 14.7. The molecular formula is C28H36B10N2O4. The van der Waals surface area contributed by atoms with Gasteiger partial charge < -0.3 is 19.3 Å². The molecule has 2 unspecified atom stereocenters. The predicted octanol–water partition coefficient (Wildman–Crippen LogP) is 1.53. The monoisotopic (exact) mass is 574 g/mol. The highest BCUT2D eigenvalue weighted by atomic mass is 16.5. The Hall–Kier alpha value is -2.63. The summed E-state index contributed by atoms with van der Waals surface area (Å²) < 4.78 is 10.5. The van der Waals surface area contributed by atoms with E-state index in [4.69, 9.17) is 40.4 Å². The summed E-state index contributed by atoms with van der Waals surface area (Å²) in [7, 11) is 34.9. The highest BCUT2D eigenvalue weighted by Gasteiger charge is 2.27. The Morgan fingerprint density at radius 3 is 1.86 bits per heavy atom. The van der Waals surface area contributed by atoms with Crippen molar-refractivity contribution in [1.82, 2.24) is 0 Å². The fourth-order valence-corrected chi connectivity index (χ4v) is 4.51. The molecule has 6 nitrogen and oxygen atoms in total. The minimum absolute atomic E-state index is 0.0756. The standard InChI is InChI=1S/C14H19NO2.C14H17NO2.B7.B3/c2*1-4-15-13-9-12(17-3)8-7-11(13)6-5-10(2)14(15)16;1-5-7(4)6(2)3;1-3-2/h7-10H,4-6H2,1-3H3;5-10H,4H2,1-3H3;;. The number of carbonyl (C=O) groups is 2. The lowest BCUT2D eigenvalue weighted by molar-refractivity contribution is -0.122. The zero-order valence-electron chi connectivity index (χ0n) is 26.9. The number of hydrogen-bond acceptors (Lipinski definition) is 4. The van der Waals surface area contributed by atoms with Crippen molar-refractivity contribution in [3.8, 4) is 11.5 Å². The summed E-state index contributed by atoms with van der Waals surface area (Å²) in [5.74, 6) is 1.97. The summed E-state index contributed by atoms with van der Waals surface area (Å²) in [6, 6.07) is 11.8. The van der Waals surface area contributed by atoms with Gasteiger partial charge in [-0.2, -0.15) is 0 Å². The number of fused-ring (bicyclic) bond motifs is 2. The van der Waals surface area contributed by atoms with Crippen LogP contribution in [0.25, 0.3) is 6.08 Å². The van der Waals surface area contributed by atoms with Crippen molar-refractivity contribution in [2.45, 2.75) is 40.5 Å². The molecule has 14 radical (unpaired) electrons. The highest BCUT2D eigenvalue weighted by molar-refractivity contribution is 7.81. The van der Waals surface area contributed by atoms with E-state index in [9.17, 15) is 9.59 Å². The number of amides is 2. The van der Waals surface area contributed by atoms with Gasteiger partial charge in [0, 0.05) is 104 Å². The van der Waals surface area contributed by atoms with Crippen molar-refractivity contribution >= 4 is 103 Å². The second kappa shape index (κ2) is 20.4. The van der Waals surface area contributed by atoms with Gasteiger partial charge in [-0.3, -0.25) is 9.59 Å². The molecule has 0 saturated heterocycles. The molecule has 16 heteroatoms. The minimum Gasteiger partial charge on any atom is -0.497 e. The first-order valence-corrected chi connectivity index (χ1v) is 14.7. The Kier molecular flexibility index (Phi) is 18.3. The maximum absolute atomic E-state index is 12.2. The molecule has 2 heterocycles. The minimum atomic E-state index is -0.537. The van der Waals surface area contributed by atoms with Crippen LogP contribution in [0, 0.1) is 11.8 Å². The van der Waals surface area contributed by atoms with Crippen LogP contribution in [-0.2, 0) is 16.0 Å². The van der Waals surface area contributed by atoms with Crippen LogP contribution in [0.2, 0.25) is 0 Å². The van der Waals surface area contributed by atoms with Crippen LogP contribution >= 0.6 is 0 Å². The lowest BCUT2D eigenvalue weighted by atomic mass is 8.76. The van der Waals surface area contributed by atoms with Gasteiger partial charge >= 0.3 is 0 Å². The molecular weight excluding hydrogens is 536 g/mol. The second-order valence-electron chi connectivity index (χ2n) is 10.2. The summed E-state index contributed by atoms with van der Waals surface area (Å²) in [6.07, 6.45) is 4.92. The van der Waals surface area contributed by atoms with Crippen LogP contribution in [0.5, 0.6) is 11.5 Å². The lowest BCUT2D eigenvalue weighted by Crippen LogP contribution is -2.43. The predicted molar refractivity (Wildman–Crippen MR) is 195 cm³/mol. The molecule has 0 saturated carbocycles. The fourth-order valence-electron chi connectivity index (χ4n) is 4.51. The Morgan fingerprint density at radius 2 is 1.39 bits per heavy atom. The van der Waals surface area contributed by atoms with E-state index in [0.29, 0.717) is 13.1 Å². The molecule has 212 valence electrons. The molecule has 2 aromatic rings. The van der Waals surface area contributed by atoms with Crippen molar-refractivity contribution in [3.05, 3.63) is 53.6 Å². The van der Waals surface area contributed by atoms with Crippen LogP contribution < -0.4 is 19.3 Å². The first kappa shape index (κ1) is 39.4. The number of anilines is 2. The number of benzene rings is 2. The quantitative estimate of drug-likeness (QED) is 0.493. The molecule has 2 atom stereocenters. The second-order valence-corrected chi connectivity index (χ2v) is 10.2. The third-order valence-electron chi connectivity index (χ3n) is 7.17. The normalized spacial score (nSPS) is 16.4. The zero-order chi connectivity index (χ0) is 33.4. The van der Waals surface area contributed by atoms with Gasteiger partial charge in [-0.25, -0.2) is 0 Å². The van der Waals surface area contributed by atoms with Crippen molar-refractivity contribution in [1.29, 1.82) is 0 Å². The average molecular weight is 573 g/mol. The topological polar surface area (TPSA) is 59.1 Å². The average Bonchev–Trinajstić information content (AvgIpc) is 3.23. The van der Waals surface area contributed by atoms with Gasteiger partial charge in [0.1, 0.15) is 11.5 Å². The van der Waals surface area contributed by atoms with Crippen molar-refractivity contribution in [3.63, 3.8) is 0 Å². The molecule has 0 aliphatic carbocycles. The lowest BCUT2D eigenvalue weighted by Gasteiger charge is -2.23. The highest BCUT2D eigenvalue weighted by Crippen LogP contribution is 2.33. The van der Waals surface area contributed by atoms with Crippen LogP contribution in [0.4, 0.5) is 11.4 Å². The van der Waals surface area contributed by atoms with Gasteiger partial charge in [-0.05, 0) is 56.0 Å². The van der Waals surface area contributed by atoms with Gasteiger partial charge in [0.2, 0.25) is 11.8 Å². The third kappa shape index (κ3) is 11.4. The van der Waals surface area contributed by atoms with Gasteiger partial charge in [-0.15, -0.1) is 0 Å². The Balaban J connectivity index is 0.000000340. The van der Waals surface area contributed by atoms with Gasteiger partial charge in [0.05, 0.1) is 31.5 Å². The number of hydrogen-bond donors (Lipinski definition) is 0. The van der Waals surface area contributed by atoms with Crippen LogP contribution in [-0.4, -0.2) is 112 Å². The summed E-state index contributed by atoms with van der Waals surface area (Å²) >= 11 is 0. The Morgan fingerprint density at radius 1 is 0.864 bits per heavy atom. The molecule has 4 rings (SSSR count). The molecule has 2 amide bonds. The molecule has 0 N–H and O–H groups in total. The molecule has 0 aromatic heterocycles. The summed E-state index contributed by atoms with van der Waals surface area (Å²) in [5, 5.41) is 0. The number of carbonyl (C=O) groups excluding carboxylic acids is 2. The van der Waals surface area contributed by atoms with Gasteiger partial charge in [0.15, 0.2) is 0 Å². The van der Waals surface area contributed by atoms with E-state index in [1.807, 2.05) is 80.0 Å². The van der Waals surface area contributed by atoms with Crippen LogP contribution in [0.15, 0.2) is 42.5 Å². The van der Waals surface area contributed by atoms with Crippen molar-refractivity contribution in [2.24, 2.45) is 11.8 Å². The van der Waals surface area contributed by atoms with E-state index in [1.165, 1.54) is 12.6 Å². The third-order valence-corrected chi connectivity index (χ3v) is 7.17. The first-order chi connectivity index (χ1) is 20.9. The Labute approximate surface area is 275 Å². The van der Waals surface area contributed by atoms with Crippen LogP contribution in [0.3, 0.4) is 0 Å². The number of aryl methyl sites for hydroxylation is 1. The number of methoxy groups -OCH3 is 2. The van der Waals surface area contributed by atoms with E-state index in [-0.39, 0.29) is 30.0 Å². The van der Waals surface area contributed by atoms with E-state index in [2.05, 4.69) is 21.5 Å². The fraction of sp³-hybridized carbons (Fsp3) is 0.429.